The van der Waals surface area contributed by atoms with Crippen LogP contribution in [0, 0.1) is 28.9 Å². The number of hydrogen-bond acceptors (Lipinski definition) is 7. The van der Waals surface area contributed by atoms with Gasteiger partial charge in [0, 0.05) is 49.1 Å². The van der Waals surface area contributed by atoms with Crippen molar-refractivity contribution >= 4 is 35.6 Å². The summed E-state index contributed by atoms with van der Waals surface area (Å²) >= 11 is 0. The van der Waals surface area contributed by atoms with E-state index >= 15 is 13.2 Å². The molecule has 1 aromatic heterocycles. The van der Waals surface area contributed by atoms with Crippen LogP contribution in [0.15, 0.2) is 24.3 Å². The number of rotatable bonds is 10. The molecule has 2 unspecified atom stereocenters. The Morgan fingerprint density at radius 1 is 0.932 bits per heavy atom. The highest BCUT2D eigenvalue weighted by Gasteiger charge is 2.49. The van der Waals surface area contributed by atoms with Gasteiger partial charge in [-0.1, -0.05) is 53.5 Å². The van der Waals surface area contributed by atoms with Gasteiger partial charge in [-0.05, 0) is 78.0 Å². The molecule has 59 heavy (non-hydrogen) atoms. The van der Waals surface area contributed by atoms with Crippen LogP contribution in [0.1, 0.15) is 91.2 Å². The lowest BCUT2D eigenvalue weighted by atomic mass is 9.90. The molecule has 4 fully saturated rings. The van der Waals surface area contributed by atoms with E-state index in [0.29, 0.717) is 19.6 Å². The average Bonchev–Trinajstić information content (AvgIpc) is 3.84. The first-order valence-corrected chi connectivity index (χ1v) is 23.2. The number of alkyl halides is 3. The van der Waals surface area contributed by atoms with Crippen molar-refractivity contribution in [3.05, 3.63) is 52.8 Å². The highest BCUT2D eigenvalue weighted by molar-refractivity contribution is 6.90. The minimum Gasteiger partial charge on any atom is -0.493 e. The van der Waals surface area contributed by atoms with Crippen LogP contribution in [0.4, 0.5) is 32.2 Å². The molecule has 0 spiro atoms. The van der Waals surface area contributed by atoms with Crippen molar-refractivity contribution in [2.75, 3.05) is 44.8 Å². The Morgan fingerprint density at radius 3 is 2.27 bits per heavy atom. The van der Waals surface area contributed by atoms with Crippen LogP contribution in [0.25, 0.3) is 32.8 Å². The lowest BCUT2D eigenvalue weighted by Gasteiger charge is -2.38. The van der Waals surface area contributed by atoms with Gasteiger partial charge >= 0.3 is 6.01 Å². The van der Waals surface area contributed by atoms with Gasteiger partial charge in [-0.2, -0.15) is 9.97 Å². The predicted molar refractivity (Wildman–Crippen MR) is 222 cm³/mol. The van der Waals surface area contributed by atoms with Gasteiger partial charge in [0.15, 0.2) is 17.4 Å². The molecule has 4 aliphatic heterocycles. The first-order valence-electron chi connectivity index (χ1n) is 21.0. The summed E-state index contributed by atoms with van der Waals surface area (Å²) < 4.78 is 108. The van der Waals surface area contributed by atoms with Gasteiger partial charge in [0.2, 0.25) is 0 Å². The fraction of sp³-hybridized carbons (Fsp3) is 0.556. The highest BCUT2D eigenvalue weighted by atomic mass is 28.3. The molecule has 14 heteroatoms. The zero-order chi connectivity index (χ0) is 42.1. The number of halogens is 6. The van der Waals surface area contributed by atoms with E-state index in [2.05, 4.69) is 68.2 Å². The zero-order valence-electron chi connectivity index (χ0n) is 34.8. The number of fused-ring (bicyclic) bond motifs is 5. The van der Waals surface area contributed by atoms with Crippen molar-refractivity contribution < 1.29 is 35.8 Å². The average molecular weight is 838 g/mol. The third-order valence-corrected chi connectivity index (χ3v) is 20.1. The summed E-state index contributed by atoms with van der Waals surface area (Å²) in [5.41, 5.74) is 1.55. The van der Waals surface area contributed by atoms with E-state index in [-0.39, 0.29) is 92.1 Å². The van der Waals surface area contributed by atoms with Crippen LogP contribution >= 0.6 is 0 Å². The number of ether oxygens (including phenoxy) is 2. The van der Waals surface area contributed by atoms with Gasteiger partial charge < -0.3 is 19.7 Å². The second-order valence-corrected chi connectivity index (χ2v) is 23.6. The third-order valence-electron chi connectivity index (χ3n) is 13.8. The van der Waals surface area contributed by atoms with Crippen LogP contribution in [0.5, 0.6) is 11.8 Å². The summed E-state index contributed by atoms with van der Waals surface area (Å²) in [6.07, 6.45) is -0.288. The number of nitrogens with zero attached hydrogens (tertiary/aromatic N) is 4. The monoisotopic (exact) mass is 837 g/mol. The van der Waals surface area contributed by atoms with Crippen LogP contribution < -0.4 is 19.7 Å². The SMILES string of the molecule is COc1c(F)c(-c2cc(C(F)F)cc3ccc(F)c(C#C[Si](C(C)C)(C(C)C)C(C)C)c23)c(F)c2nc(OC[C@@]34CCCN3C[C@H](F)C4)nc(N3CC4CCC(C3)N4)c12. The van der Waals surface area contributed by atoms with Gasteiger partial charge in [-0.25, -0.2) is 26.3 Å². The third kappa shape index (κ3) is 7.02. The van der Waals surface area contributed by atoms with Crippen molar-refractivity contribution in [3.63, 3.8) is 0 Å². The lowest BCUT2D eigenvalue weighted by Crippen LogP contribution is -2.51. The molecule has 1 N–H and O–H groups in total. The second kappa shape index (κ2) is 15.8. The number of benzene rings is 3. The van der Waals surface area contributed by atoms with Crippen LogP contribution in [-0.2, 0) is 0 Å². The summed E-state index contributed by atoms with van der Waals surface area (Å²) in [7, 11) is -1.22. The molecule has 8 rings (SSSR count). The first kappa shape index (κ1) is 41.7. The smallest absolute Gasteiger partial charge is 0.319 e. The number of anilines is 1. The molecule has 7 nitrogen and oxygen atoms in total. The van der Waals surface area contributed by atoms with E-state index in [1.54, 1.807) is 0 Å². The fourth-order valence-corrected chi connectivity index (χ4v) is 16.3. The van der Waals surface area contributed by atoms with E-state index < -0.39 is 54.8 Å². The van der Waals surface area contributed by atoms with Crippen LogP contribution in [-0.4, -0.2) is 86.6 Å². The van der Waals surface area contributed by atoms with Gasteiger partial charge in [0.25, 0.3) is 6.43 Å². The summed E-state index contributed by atoms with van der Waals surface area (Å²) in [4.78, 5) is 13.4. The van der Waals surface area contributed by atoms with Gasteiger partial charge in [0.1, 0.15) is 38.0 Å². The molecule has 4 saturated heterocycles. The number of nitrogens with one attached hydrogen (secondary N) is 1. The van der Waals surface area contributed by atoms with Gasteiger partial charge in [-0.3, -0.25) is 4.90 Å². The molecule has 4 atom stereocenters. The number of methoxy groups -OCH3 is 1. The summed E-state index contributed by atoms with van der Waals surface area (Å²) in [6.45, 7) is 14.8. The van der Waals surface area contributed by atoms with Crippen molar-refractivity contribution in [3.8, 4) is 34.4 Å². The maximum absolute atomic E-state index is 17.8. The summed E-state index contributed by atoms with van der Waals surface area (Å²) in [5.74, 6) is -0.113. The molecular formula is C45H53F6N5O2Si. The zero-order valence-corrected chi connectivity index (χ0v) is 35.8. The van der Waals surface area contributed by atoms with Gasteiger partial charge in [0.05, 0.1) is 29.2 Å². The quantitative estimate of drug-likeness (QED) is 0.0970. The summed E-state index contributed by atoms with van der Waals surface area (Å²) in [6, 6.07) is 4.78. The first-order chi connectivity index (χ1) is 28.1. The fourth-order valence-electron chi connectivity index (χ4n) is 11.1. The van der Waals surface area contributed by atoms with Gasteiger partial charge in [-0.15, -0.1) is 5.54 Å². The van der Waals surface area contributed by atoms with Crippen molar-refractivity contribution in [1.29, 1.82) is 0 Å². The molecule has 316 valence electrons. The molecule has 0 saturated carbocycles. The highest BCUT2D eigenvalue weighted by Crippen LogP contribution is 2.48. The lowest BCUT2D eigenvalue weighted by molar-refractivity contribution is 0.107. The van der Waals surface area contributed by atoms with E-state index in [1.165, 1.54) is 19.2 Å². The minimum absolute atomic E-state index is 0.00661. The molecule has 2 bridgehead atoms. The predicted octanol–water partition coefficient (Wildman–Crippen LogP) is 10.3. The Labute approximate surface area is 343 Å². The number of piperazine rings is 1. The molecular weight excluding hydrogens is 785 g/mol. The molecule has 4 aliphatic rings. The normalized spacial score (nSPS) is 23.3. The van der Waals surface area contributed by atoms with E-state index in [9.17, 15) is 13.2 Å². The van der Waals surface area contributed by atoms with E-state index in [4.69, 9.17) is 14.5 Å². The minimum atomic E-state index is -3.01. The molecule has 0 radical (unpaired) electrons. The Bertz CT molecular complexity index is 2320. The number of aromatic nitrogens is 2. The molecule has 5 heterocycles. The van der Waals surface area contributed by atoms with Crippen molar-refractivity contribution in [2.24, 2.45) is 0 Å². The number of hydrogen-bond donors (Lipinski definition) is 1. The van der Waals surface area contributed by atoms with Crippen molar-refractivity contribution in [1.82, 2.24) is 20.2 Å². The largest absolute Gasteiger partial charge is 0.493 e. The Hall–Kier alpha value is -4.06. The van der Waals surface area contributed by atoms with E-state index in [1.807, 2.05) is 4.90 Å². The standard InChI is InChI=1S/C45H53F6N5O2Si/c1-24(2)59(25(3)4,26(5)6)16-13-32-34(47)12-9-27-17-28(42(50)51)18-33(35(27)32)36-38(48)40-37(41(57-7)39(36)49)43(55-21-30-10-11-31(22-55)52-30)54-44(53-40)58-23-45-14-8-15-56(45)20-29(46)19-45/h9,12,17-18,24-26,29-31,42,52H,8,10-11,14-15,19-23H2,1-7H3/t29-,30?,31?,45+/m1/s1. The molecule has 3 aromatic carbocycles. The molecule has 0 amide bonds. The van der Waals surface area contributed by atoms with Crippen LogP contribution in [0.3, 0.4) is 0 Å². The summed E-state index contributed by atoms with van der Waals surface area (Å²) in [5, 5.41) is 3.69. The van der Waals surface area contributed by atoms with Crippen molar-refractivity contribution in [2.45, 2.75) is 120 Å². The Kier molecular flexibility index (Phi) is 11.1. The van der Waals surface area contributed by atoms with Crippen LogP contribution in [0.2, 0.25) is 16.6 Å². The molecule has 0 aliphatic carbocycles. The Balaban J connectivity index is 1.38. The Morgan fingerprint density at radius 2 is 1.63 bits per heavy atom. The maximum atomic E-state index is 17.8. The topological polar surface area (TPSA) is 62.8 Å². The van der Waals surface area contributed by atoms with E-state index in [0.717, 1.165) is 44.4 Å². The second-order valence-electron chi connectivity index (χ2n) is 18.0. The molecule has 4 aromatic rings. The maximum Gasteiger partial charge on any atom is 0.319 e.